The Labute approximate surface area is 109 Å². The number of carbonyl (C=O) groups excluding carboxylic acids is 1. The molecule has 0 aliphatic heterocycles. The molecule has 1 aromatic rings. The van der Waals surface area contributed by atoms with E-state index in [1.54, 1.807) is 24.4 Å². The molecule has 3 nitrogen and oxygen atoms in total. The zero-order valence-electron chi connectivity index (χ0n) is 10.9. The van der Waals surface area contributed by atoms with E-state index in [0.29, 0.717) is 5.69 Å². The molecule has 0 aromatic carbocycles. The summed E-state index contributed by atoms with van der Waals surface area (Å²) >= 11 is 0. The number of hydrogen-bond acceptors (Lipinski definition) is 2. The summed E-state index contributed by atoms with van der Waals surface area (Å²) in [5, 5.41) is 2.67. The smallest absolute Gasteiger partial charge is 0.270 e. The first-order valence-corrected chi connectivity index (χ1v) is 9.18. The zero-order chi connectivity index (χ0) is 13.4. The molecule has 0 saturated heterocycles. The van der Waals surface area contributed by atoms with Gasteiger partial charge in [0.25, 0.3) is 5.91 Å². The van der Waals surface area contributed by atoms with Crippen LogP contribution < -0.4 is 5.32 Å². The lowest BCUT2D eigenvalue weighted by molar-refractivity contribution is 0.0954. The molecular weight excluding hydrogens is 240 g/mol. The maximum absolute atomic E-state index is 11.6. The largest absolute Gasteiger partial charge is 0.340 e. The van der Waals surface area contributed by atoms with Gasteiger partial charge in [-0.3, -0.25) is 9.78 Å². The fourth-order valence-corrected chi connectivity index (χ4v) is 1.46. The molecule has 1 heterocycles. The van der Waals surface area contributed by atoms with Gasteiger partial charge in [0, 0.05) is 6.20 Å². The average Bonchev–Trinajstić information content (AvgIpc) is 2.33. The van der Waals surface area contributed by atoms with E-state index in [9.17, 15) is 4.79 Å². The molecule has 92 valence electrons. The Balaban J connectivity index is 2.41. The van der Waals surface area contributed by atoms with Crippen molar-refractivity contribution >= 4 is 14.0 Å². The van der Waals surface area contributed by atoms with E-state index in [1.807, 2.05) is 0 Å². The molecule has 0 fully saturated rings. The Morgan fingerprint density at radius 2 is 2.11 bits per heavy atom. The molecule has 0 radical (unpaired) electrons. The average molecular weight is 256 g/mol. The molecule has 0 bridgehead atoms. The highest BCUT2D eigenvalue weighted by Crippen LogP contribution is 1.95. The van der Waals surface area contributed by atoms with Gasteiger partial charge < -0.3 is 5.32 Å². The highest BCUT2D eigenvalue weighted by atomic mass is 28.3. The second-order valence-corrected chi connectivity index (χ2v) is 9.45. The van der Waals surface area contributed by atoms with Crippen LogP contribution in [0.15, 0.2) is 24.4 Å². The number of nitrogens with zero attached hydrogens (tertiary/aromatic N) is 1. The fraction of sp³-hybridized carbons (Fsp3) is 0.286. The number of aromatic nitrogens is 1. The van der Waals surface area contributed by atoms with Crippen molar-refractivity contribution in [3.63, 3.8) is 0 Å². The third kappa shape index (κ3) is 5.88. The van der Waals surface area contributed by atoms with Crippen molar-refractivity contribution < 1.29 is 4.79 Å². The number of pyridine rings is 1. The van der Waals surface area contributed by atoms with Gasteiger partial charge in [0.1, 0.15) is 13.8 Å². The monoisotopic (exact) mass is 256 g/mol. The number of hydrogen-bond donors (Lipinski definition) is 1. The van der Waals surface area contributed by atoms with Crippen LogP contribution in [0.3, 0.4) is 0 Å². The molecule has 0 saturated carbocycles. The maximum atomic E-state index is 11.6. The van der Waals surface area contributed by atoms with Crippen molar-refractivity contribution in [2.45, 2.75) is 19.6 Å². The second kappa shape index (κ2) is 6.63. The molecule has 0 atom stereocenters. The second-order valence-electron chi connectivity index (χ2n) is 4.70. The van der Waals surface area contributed by atoms with Crippen molar-refractivity contribution in [2.75, 3.05) is 6.54 Å². The van der Waals surface area contributed by atoms with E-state index in [1.165, 1.54) is 0 Å². The molecule has 0 unspecified atom stereocenters. The van der Waals surface area contributed by atoms with E-state index in [2.05, 4.69) is 53.2 Å². The highest BCUT2D eigenvalue weighted by Gasteiger charge is 2.06. The first-order valence-electron chi connectivity index (χ1n) is 5.68. The number of rotatable bonds is 2. The summed E-state index contributed by atoms with van der Waals surface area (Å²) in [7, 11) is -1.35. The summed E-state index contributed by atoms with van der Waals surface area (Å²) < 4.78 is 0. The van der Waals surface area contributed by atoms with Crippen LogP contribution in [-0.2, 0) is 0 Å². The van der Waals surface area contributed by atoms with Crippen LogP contribution in [0.4, 0.5) is 0 Å². The van der Waals surface area contributed by atoms with Gasteiger partial charge in [-0.15, -0.1) is 5.54 Å². The van der Waals surface area contributed by atoms with Gasteiger partial charge in [-0.05, 0) is 24.0 Å². The number of carbonyl (C=O) groups is 1. The van der Waals surface area contributed by atoms with Crippen molar-refractivity contribution in [2.24, 2.45) is 0 Å². The van der Waals surface area contributed by atoms with E-state index in [-0.39, 0.29) is 12.5 Å². The molecule has 0 aliphatic rings. The van der Waals surface area contributed by atoms with E-state index in [4.69, 9.17) is 0 Å². The van der Waals surface area contributed by atoms with Crippen LogP contribution in [0.1, 0.15) is 10.5 Å². The topological polar surface area (TPSA) is 42.0 Å². The van der Waals surface area contributed by atoms with Gasteiger partial charge in [-0.1, -0.05) is 31.6 Å². The third-order valence-electron chi connectivity index (χ3n) is 1.82. The summed E-state index contributed by atoms with van der Waals surface area (Å²) in [5.41, 5.74) is 3.53. The lowest BCUT2D eigenvalue weighted by Crippen LogP contribution is -2.24. The van der Waals surface area contributed by atoms with Crippen molar-refractivity contribution in [1.29, 1.82) is 0 Å². The third-order valence-corrected chi connectivity index (χ3v) is 2.70. The van der Waals surface area contributed by atoms with Crippen LogP contribution in [0.2, 0.25) is 19.6 Å². The minimum atomic E-state index is -1.35. The van der Waals surface area contributed by atoms with Crippen molar-refractivity contribution in [3.8, 4) is 23.3 Å². The molecule has 0 aliphatic carbocycles. The predicted octanol–water partition coefficient (Wildman–Crippen LogP) is 1.70. The van der Waals surface area contributed by atoms with Crippen LogP contribution in [-0.4, -0.2) is 25.5 Å². The summed E-state index contributed by atoms with van der Waals surface area (Å²) in [4.78, 5) is 15.5. The van der Waals surface area contributed by atoms with E-state index >= 15 is 0 Å². The summed E-state index contributed by atoms with van der Waals surface area (Å²) in [6.07, 6.45) is 1.58. The first kappa shape index (κ1) is 14.0. The standard InChI is InChI=1S/C14H16N2OSi/c1-18(2,3)12-8-4-6-11-16-14(17)13-9-5-7-10-15-13/h5,7,9-10H,11H2,1-3H3,(H,16,17). The quantitative estimate of drug-likeness (QED) is 0.646. The molecule has 18 heavy (non-hydrogen) atoms. The summed E-state index contributed by atoms with van der Waals surface area (Å²) in [5.74, 6) is 8.14. The Morgan fingerprint density at radius 3 is 2.72 bits per heavy atom. The van der Waals surface area contributed by atoms with Crippen LogP contribution in [0, 0.1) is 23.3 Å². The maximum Gasteiger partial charge on any atom is 0.270 e. The van der Waals surface area contributed by atoms with Gasteiger partial charge >= 0.3 is 0 Å². The molecular formula is C14H16N2OSi. The normalized spacial score (nSPS) is 9.50. The minimum Gasteiger partial charge on any atom is -0.340 e. The number of nitrogens with one attached hydrogen (secondary N) is 1. The van der Waals surface area contributed by atoms with E-state index in [0.717, 1.165) is 0 Å². The van der Waals surface area contributed by atoms with Gasteiger partial charge in [0.05, 0.1) is 6.54 Å². The molecule has 1 aromatic heterocycles. The lowest BCUT2D eigenvalue weighted by Gasteiger charge is -2.01. The van der Waals surface area contributed by atoms with Gasteiger partial charge in [-0.25, -0.2) is 0 Å². The zero-order valence-corrected chi connectivity index (χ0v) is 11.9. The molecule has 0 spiro atoms. The van der Waals surface area contributed by atoms with Gasteiger partial charge in [0.15, 0.2) is 0 Å². The Bertz CT molecular complexity index is 524. The first-order chi connectivity index (χ1) is 8.49. The van der Waals surface area contributed by atoms with Crippen molar-refractivity contribution in [3.05, 3.63) is 30.1 Å². The predicted molar refractivity (Wildman–Crippen MR) is 75.5 cm³/mol. The Hall–Kier alpha value is -2.04. The van der Waals surface area contributed by atoms with Gasteiger partial charge in [-0.2, -0.15) is 0 Å². The fourth-order valence-electron chi connectivity index (χ4n) is 1.02. The van der Waals surface area contributed by atoms with Gasteiger partial charge in [0.2, 0.25) is 0 Å². The Kier molecular flexibility index (Phi) is 5.17. The molecule has 1 N–H and O–H groups in total. The SMILES string of the molecule is C[Si](C)(C)C#CC#CCNC(=O)c1ccccn1. The van der Waals surface area contributed by atoms with Crippen LogP contribution in [0.25, 0.3) is 0 Å². The summed E-state index contributed by atoms with van der Waals surface area (Å²) in [6.45, 7) is 6.76. The lowest BCUT2D eigenvalue weighted by atomic mass is 10.3. The molecule has 1 amide bonds. The van der Waals surface area contributed by atoms with Crippen LogP contribution in [0.5, 0.6) is 0 Å². The van der Waals surface area contributed by atoms with E-state index < -0.39 is 8.07 Å². The van der Waals surface area contributed by atoms with Crippen LogP contribution >= 0.6 is 0 Å². The highest BCUT2D eigenvalue weighted by molar-refractivity contribution is 6.83. The Morgan fingerprint density at radius 1 is 1.33 bits per heavy atom. The molecule has 1 rings (SSSR count). The number of amides is 1. The van der Waals surface area contributed by atoms with Crippen molar-refractivity contribution in [1.82, 2.24) is 10.3 Å². The minimum absolute atomic E-state index is 0.219. The summed E-state index contributed by atoms with van der Waals surface area (Å²) in [6, 6.07) is 5.20. The molecule has 4 heteroatoms.